The number of halogens is 3. The lowest BCUT2D eigenvalue weighted by molar-refractivity contribution is -0.113. The highest BCUT2D eigenvalue weighted by Gasteiger charge is 2.11. The van der Waals surface area contributed by atoms with Crippen molar-refractivity contribution in [1.29, 1.82) is 0 Å². The van der Waals surface area contributed by atoms with Gasteiger partial charge in [0, 0.05) is 22.2 Å². The number of carbonyl (C=O) groups excluding carboxylic acids is 1. The zero-order valence-electron chi connectivity index (χ0n) is 16.0. The Morgan fingerprint density at radius 3 is 2.73 bits per heavy atom. The number of aromatic nitrogens is 2. The van der Waals surface area contributed by atoms with Gasteiger partial charge in [-0.1, -0.05) is 52.6 Å². The van der Waals surface area contributed by atoms with E-state index in [0.717, 1.165) is 5.56 Å². The first kappa shape index (κ1) is 22.7. The highest BCUT2D eigenvalue weighted by atomic mass is 35.5. The maximum atomic E-state index is 12.1. The Bertz CT molecular complexity index is 1030. The average Bonchev–Trinajstić information content (AvgIpc) is 3.16. The Morgan fingerprint density at radius 2 is 1.97 bits per heavy atom. The maximum Gasteiger partial charge on any atom is 0.277 e. The Balaban J connectivity index is 1.39. The number of nitrogens with one attached hydrogen (secondary N) is 1. The van der Waals surface area contributed by atoms with Crippen molar-refractivity contribution in [2.45, 2.75) is 25.0 Å². The number of anilines is 1. The molecule has 2 aromatic carbocycles. The SMILES string of the molecule is Cc1ccc(NC(=O)CSc2nnc(CCCOc3ccc(Cl)cc3Cl)o2)cc1Cl. The summed E-state index contributed by atoms with van der Waals surface area (Å²) in [6.45, 7) is 2.34. The fraction of sp³-hybridized carbons (Fsp3) is 0.250. The first-order valence-corrected chi connectivity index (χ1v) is 11.1. The second-order valence-corrected chi connectivity index (χ2v) is 8.47. The zero-order valence-corrected chi connectivity index (χ0v) is 19.0. The molecule has 3 aromatic rings. The van der Waals surface area contributed by atoms with Crippen LogP contribution in [0, 0.1) is 6.92 Å². The third-order valence-corrected chi connectivity index (χ3v) is 5.67. The molecule has 3 rings (SSSR count). The number of rotatable bonds is 9. The molecule has 158 valence electrons. The molecule has 0 aliphatic carbocycles. The van der Waals surface area contributed by atoms with Gasteiger partial charge in [-0.05, 0) is 49.2 Å². The lowest BCUT2D eigenvalue weighted by Gasteiger charge is -2.07. The van der Waals surface area contributed by atoms with Crippen molar-refractivity contribution in [3.63, 3.8) is 0 Å². The molecule has 1 amide bonds. The Morgan fingerprint density at radius 1 is 1.13 bits per heavy atom. The van der Waals surface area contributed by atoms with Crippen molar-refractivity contribution >= 4 is 58.2 Å². The van der Waals surface area contributed by atoms with Crippen LogP contribution in [-0.2, 0) is 11.2 Å². The van der Waals surface area contributed by atoms with Crippen LogP contribution >= 0.6 is 46.6 Å². The predicted molar refractivity (Wildman–Crippen MR) is 120 cm³/mol. The monoisotopic (exact) mass is 485 g/mol. The molecule has 0 aliphatic heterocycles. The number of aryl methyl sites for hydroxylation is 2. The zero-order chi connectivity index (χ0) is 21.5. The van der Waals surface area contributed by atoms with Gasteiger partial charge in [-0.2, -0.15) is 0 Å². The van der Waals surface area contributed by atoms with Crippen LogP contribution in [0.4, 0.5) is 5.69 Å². The Hall–Kier alpha value is -1.93. The van der Waals surface area contributed by atoms with E-state index in [4.69, 9.17) is 44.0 Å². The highest BCUT2D eigenvalue weighted by Crippen LogP contribution is 2.27. The third-order valence-electron chi connectivity index (χ3n) is 3.92. The summed E-state index contributed by atoms with van der Waals surface area (Å²) in [5.41, 5.74) is 1.59. The molecule has 30 heavy (non-hydrogen) atoms. The lowest BCUT2D eigenvalue weighted by atomic mass is 10.2. The van der Waals surface area contributed by atoms with Crippen molar-refractivity contribution in [1.82, 2.24) is 10.2 Å². The van der Waals surface area contributed by atoms with Crippen LogP contribution in [0.5, 0.6) is 5.75 Å². The molecular formula is C20H18Cl3N3O3S. The van der Waals surface area contributed by atoms with Crippen LogP contribution in [0.15, 0.2) is 46.0 Å². The molecule has 0 radical (unpaired) electrons. The predicted octanol–water partition coefficient (Wildman–Crippen LogP) is 6.08. The molecule has 1 aromatic heterocycles. The molecular weight excluding hydrogens is 469 g/mol. The van der Waals surface area contributed by atoms with Gasteiger partial charge in [0.2, 0.25) is 11.8 Å². The molecule has 6 nitrogen and oxygen atoms in total. The molecule has 0 spiro atoms. The summed E-state index contributed by atoms with van der Waals surface area (Å²) in [5.74, 6) is 1.01. The van der Waals surface area contributed by atoms with Crippen molar-refractivity contribution in [3.05, 3.63) is 62.9 Å². The van der Waals surface area contributed by atoms with Gasteiger partial charge in [-0.15, -0.1) is 10.2 Å². The summed E-state index contributed by atoms with van der Waals surface area (Å²) in [7, 11) is 0. The summed E-state index contributed by atoms with van der Waals surface area (Å²) >= 11 is 19.2. The number of hydrogen-bond donors (Lipinski definition) is 1. The fourth-order valence-electron chi connectivity index (χ4n) is 2.39. The fourth-order valence-corrected chi connectivity index (χ4v) is 3.61. The summed E-state index contributed by atoms with van der Waals surface area (Å²) in [6, 6.07) is 10.4. The number of carbonyl (C=O) groups is 1. The number of amides is 1. The number of benzene rings is 2. The molecule has 0 fully saturated rings. The van der Waals surface area contributed by atoms with Crippen LogP contribution < -0.4 is 10.1 Å². The van der Waals surface area contributed by atoms with E-state index in [1.54, 1.807) is 30.3 Å². The quantitative estimate of drug-likeness (QED) is 0.292. The average molecular weight is 487 g/mol. The van der Waals surface area contributed by atoms with Crippen LogP contribution in [-0.4, -0.2) is 28.5 Å². The van der Waals surface area contributed by atoms with Gasteiger partial charge in [0.1, 0.15) is 5.75 Å². The van der Waals surface area contributed by atoms with E-state index in [0.29, 0.717) is 57.1 Å². The largest absolute Gasteiger partial charge is 0.492 e. The Labute approximate surface area is 193 Å². The van der Waals surface area contributed by atoms with E-state index < -0.39 is 0 Å². The number of ether oxygens (including phenoxy) is 1. The molecule has 0 aliphatic rings. The molecule has 1 N–H and O–H groups in total. The minimum absolute atomic E-state index is 0.144. The van der Waals surface area contributed by atoms with Crippen molar-refractivity contribution in [2.24, 2.45) is 0 Å². The number of hydrogen-bond acceptors (Lipinski definition) is 6. The third kappa shape index (κ3) is 6.80. The van der Waals surface area contributed by atoms with E-state index in [1.165, 1.54) is 11.8 Å². The van der Waals surface area contributed by atoms with Gasteiger partial charge in [0.05, 0.1) is 17.4 Å². The first-order chi connectivity index (χ1) is 14.4. The van der Waals surface area contributed by atoms with E-state index in [1.807, 2.05) is 13.0 Å². The number of nitrogens with zero attached hydrogens (tertiary/aromatic N) is 2. The van der Waals surface area contributed by atoms with Crippen LogP contribution in [0.3, 0.4) is 0 Å². The molecule has 0 atom stereocenters. The minimum atomic E-state index is -0.187. The van der Waals surface area contributed by atoms with Gasteiger partial charge in [-0.3, -0.25) is 4.79 Å². The first-order valence-electron chi connectivity index (χ1n) is 9.00. The summed E-state index contributed by atoms with van der Waals surface area (Å²) in [5, 5.41) is 12.7. The van der Waals surface area contributed by atoms with Crippen LogP contribution in [0.2, 0.25) is 15.1 Å². The van der Waals surface area contributed by atoms with Crippen molar-refractivity contribution < 1.29 is 13.9 Å². The van der Waals surface area contributed by atoms with Gasteiger partial charge in [0.15, 0.2) is 0 Å². The van der Waals surface area contributed by atoms with E-state index in [2.05, 4.69) is 15.5 Å². The molecule has 0 saturated heterocycles. The van der Waals surface area contributed by atoms with Crippen LogP contribution in [0.1, 0.15) is 17.9 Å². The van der Waals surface area contributed by atoms with Gasteiger partial charge < -0.3 is 14.5 Å². The van der Waals surface area contributed by atoms with Crippen molar-refractivity contribution in [3.8, 4) is 5.75 Å². The molecule has 0 bridgehead atoms. The van der Waals surface area contributed by atoms with E-state index in [9.17, 15) is 4.79 Å². The van der Waals surface area contributed by atoms with E-state index in [-0.39, 0.29) is 11.7 Å². The lowest BCUT2D eigenvalue weighted by Crippen LogP contribution is -2.14. The van der Waals surface area contributed by atoms with Crippen molar-refractivity contribution in [2.75, 3.05) is 17.7 Å². The molecule has 0 unspecified atom stereocenters. The maximum absolute atomic E-state index is 12.1. The van der Waals surface area contributed by atoms with Gasteiger partial charge in [0.25, 0.3) is 5.22 Å². The van der Waals surface area contributed by atoms with Crippen LogP contribution in [0.25, 0.3) is 0 Å². The second-order valence-electron chi connectivity index (χ2n) is 6.29. The van der Waals surface area contributed by atoms with Gasteiger partial charge >= 0.3 is 0 Å². The summed E-state index contributed by atoms with van der Waals surface area (Å²) < 4.78 is 11.2. The normalized spacial score (nSPS) is 10.8. The molecule has 1 heterocycles. The van der Waals surface area contributed by atoms with E-state index >= 15 is 0 Å². The Kier molecular flexibility index (Phi) is 8.27. The standard InChI is InChI=1S/C20H18Cl3N3O3S/c1-12-4-6-14(10-15(12)22)24-18(27)11-30-20-26-25-19(29-20)3-2-8-28-17-7-5-13(21)9-16(17)23/h4-7,9-10H,2-3,8,11H2,1H3,(H,24,27). The smallest absolute Gasteiger partial charge is 0.277 e. The molecule has 10 heteroatoms. The topological polar surface area (TPSA) is 77.2 Å². The minimum Gasteiger partial charge on any atom is -0.492 e. The highest BCUT2D eigenvalue weighted by molar-refractivity contribution is 7.99. The summed E-state index contributed by atoms with van der Waals surface area (Å²) in [6.07, 6.45) is 1.22. The summed E-state index contributed by atoms with van der Waals surface area (Å²) in [4.78, 5) is 12.1. The number of thioether (sulfide) groups is 1. The second kappa shape index (κ2) is 10.9. The van der Waals surface area contributed by atoms with Gasteiger partial charge in [-0.25, -0.2) is 0 Å². The molecule has 0 saturated carbocycles.